The van der Waals surface area contributed by atoms with Gasteiger partial charge in [0.15, 0.2) is 11.5 Å². The third-order valence-corrected chi connectivity index (χ3v) is 3.36. The third-order valence-electron chi connectivity index (χ3n) is 3.11. The molecule has 0 radical (unpaired) electrons. The van der Waals surface area contributed by atoms with Crippen molar-refractivity contribution in [3.05, 3.63) is 23.3 Å². The first-order valence-corrected chi connectivity index (χ1v) is 6.44. The SMILES string of the molecule is COc1cc2c(cc1OC)C(CCl)=NC(C)(C)C2.Cl. The van der Waals surface area contributed by atoms with Gasteiger partial charge in [0, 0.05) is 5.56 Å². The maximum absolute atomic E-state index is 6.00. The molecule has 2 rings (SSSR count). The van der Waals surface area contributed by atoms with Gasteiger partial charge in [0.25, 0.3) is 0 Å². The molecule has 1 aromatic rings. The fourth-order valence-corrected chi connectivity index (χ4v) is 2.57. The van der Waals surface area contributed by atoms with E-state index in [4.69, 9.17) is 26.1 Å². The van der Waals surface area contributed by atoms with Crippen molar-refractivity contribution in [3.8, 4) is 11.5 Å². The van der Waals surface area contributed by atoms with Gasteiger partial charge in [-0.05, 0) is 38.0 Å². The van der Waals surface area contributed by atoms with Crippen molar-refractivity contribution in [2.45, 2.75) is 25.8 Å². The Balaban J connectivity index is 0.00000180. The van der Waals surface area contributed by atoms with Crippen LogP contribution in [0.25, 0.3) is 0 Å². The highest BCUT2D eigenvalue weighted by atomic mass is 35.5. The van der Waals surface area contributed by atoms with Gasteiger partial charge < -0.3 is 9.47 Å². The van der Waals surface area contributed by atoms with E-state index in [1.807, 2.05) is 12.1 Å². The van der Waals surface area contributed by atoms with Crippen LogP contribution in [0.4, 0.5) is 0 Å². The summed E-state index contributed by atoms with van der Waals surface area (Å²) < 4.78 is 10.7. The number of ether oxygens (including phenoxy) is 2. The molecule has 0 atom stereocenters. The van der Waals surface area contributed by atoms with Crippen LogP contribution < -0.4 is 9.47 Å². The second-order valence-corrected chi connectivity index (χ2v) is 5.31. The van der Waals surface area contributed by atoms with E-state index < -0.39 is 0 Å². The lowest BCUT2D eigenvalue weighted by atomic mass is 9.87. The summed E-state index contributed by atoms with van der Waals surface area (Å²) in [5.74, 6) is 1.88. The molecule has 106 valence electrons. The minimum Gasteiger partial charge on any atom is -0.493 e. The lowest BCUT2D eigenvalue weighted by Crippen LogP contribution is -2.29. The van der Waals surface area contributed by atoms with Gasteiger partial charge in [0.2, 0.25) is 0 Å². The van der Waals surface area contributed by atoms with Gasteiger partial charge in [-0.3, -0.25) is 4.99 Å². The van der Waals surface area contributed by atoms with E-state index in [1.54, 1.807) is 14.2 Å². The summed E-state index contributed by atoms with van der Waals surface area (Å²) in [4.78, 5) is 4.69. The van der Waals surface area contributed by atoms with Crippen LogP contribution in [0.15, 0.2) is 17.1 Å². The largest absolute Gasteiger partial charge is 0.493 e. The number of halogens is 2. The van der Waals surface area contributed by atoms with Crippen molar-refractivity contribution in [2.75, 3.05) is 20.1 Å². The summed E-state index contributed by atoms with van der Waals surface area (Å²) in [7, 11) is 3.28. The molecule has 0 unspecified atom stereocenters. The van der Waals surface area contributed by atoms with Crippen molar-refractivity contribution in [3.63, 3.8) is 0 Å². The van der Waals surface area contributed by atoms with Crippen LogP contribution in [0.5, 0.6) is 11.5 Å². The fourth-order valence-electron chi connectivity index (χ4n) is 2.37. The number of rotatable bonds is 3. The average Bonchev–Trinajstić information content (AvgIpc) is 2.35. The summed E-state index contributed by atoms with van der Waals surface area (Å²) in [6.07, 6.45) is 0.878. The van der Waals surface area contributed by atoms with E-state index in [9.17, 15) is 0 Å². The number of methoxy groups -OCH3 is 2. The Morgan fingerprint density at radius 1 is 1.21 bits per heavy atom. The van der Waals surface area contributed by atoms with E-state index in [1.165, 1.54) is 5.56 Å². The van der Waals surface area contributed by atoms with Gasteiger partial charge in [-0.15, -0.1) is 24.0 Å². The average molecular weight is 304 g/mol. The standard InChI is InChI=1S/C14H18ClNO2.ClH/c1-14(2)7-9-5-12(17-3)13(18-4)6-10(9)11(8-15)16-14;/h5-6H,7-8H2,1-4H3;1H. The molecular weight excluding hydrogens is 285 g/mol. The van der Waals surface area contributed by atoms with Gasteiger partial charge in [-0.1, -0.05) is 0 Å². The number of benzene rings is 1. The second kappa shape index (κ2) is 6.02. The molecular formula is C14H19Cl2NO2. The van der Waals surface area contributed by atoms with Crippen LogP contribution >= 0.6 is 24.0 Å². The van der Waals surface area contributed by atoms with Gasteiger partial charge in [0.1, 0.15) is 0 Å². The van der Waals surface area contributed by atoms with Crippen molar-refractivity contribution < 1.29 is 9.47 Å². The lowest BCUT2D eigenvalue weighted by Gasteiger charge is -2.29. The molecule has 1 aromatic carbocycles. The monoisotopic (exact) mass is 303 g/mol. The number of aliphatic imine (C=N–C) groups is 1. The summed E-state index contributed by atoms with van der Waals surface area (Å²) in [6, 6.07) is 3.99. The first kappa shape index (κ1) is 16.1. The summed E-state index contributed by atoms with van der Waals surface area (Å²) in [5, 5.41) is 0. The Hall–Kier alpha value is -0.930. The van der Waals surface area contributed by atoms with E-state index in [0.29, 0.717) is 11.6 Å². The molecule has 0 saturated carbocycles. The number of fused-ring (bicyclic) bond motifs is 1. The van der Waals surface area contributed by atoms with Crippen LogP contribution in [0.2, 0.25) is 0 Å². The molecule has 0 aromatic heterocycles. The molecule has 3 nitrogen and oxygen atoms in total. The van der Waals surface area contributed by atoms with E-state index in [0.717, 1.165) is 23.4 Å². The van der Waals surface area contributed by atoms with Crippen LogP contribution in [0, 0.1) is 0 Å². The van der Waals surface area contributed by atoms with E-state index in [2.05, 4.69) is 13.8 Å². The van der Waals surface area contributed by atoms with Crippen molar-refractivity contribution >= 4 is 29.7 Å². The smallest absolute Gasteiger partial charge is 0.161 e. The normalized spacial score (nSPS) is 15.9. The van der Waals surface area contributed by atoms with Gasteiger partial charge >= 0.3 is 0 Å². The first-order valence-electron chi connectivity index (χ1n) is 5.90. The first-order chi connectivity index (χ1) is 8.50. The number of hydrogen-bond donors (Lipinski definition) is 0. The highest BCUT2D eigenvalue weighted by molar-refractivity contribution is 6.32. The number of alkyl halides is 1. The highest BCUT2D eigenvalue weighted by Crippen LogP contribution is 2.36. The second-order valence-electron chi connectivity index (χ2n) is 5.05. The molecule has 0 aliphatic carbocycles. The zero-order valence-electron chi connectivity index (χ0n) is 11.6. The minimum absolute atomic E-state index is 0. The quantitative estimate of drug-likeness (QED) is 0.800. The number of nitrogens with zero attached hydrogens (tertiary/aromatic N) is 1. The van der Waals surface area contributed by atoms with Gasteiger partial charge in [-0.25, -0.2) is 0 Å². The summed E-state index contributed by atoms with van der Waals surface area (Å²) >= 11 is 6.00. The Bertz CT molecular complexity index is 498. The fraction of sp³-hybridized carbons (Fsp3) is 0.500. The zero-order valence-corrected chi connectivity index (χ0v) is 13.2. The van der Waals surface area contributed by atoms with Crippen LogP contribution in [0.3, 0.4) is 0 Å². The molecule has 0 N–H and O–H groups in total. The Kier molecular flexibility index (Phi) is 5.11. The molecule has 0 fully saturated rings. The molecule has 0 bridgehead atoms. The van der Waals surface area contributed by atoms with Crippen molar-refractivity contribution in [2.24, 2.45) is 4.99 Å². The Morgan fingerprint density at radius 3 is 2.32 bits per heavy atom. The Morgan fingerprint density at radius 2 is 1.79 bits per heavy atom. The van der Waals surface area contributed by atoms with E-state index in [-0.39, 0.29) is 17.9 Å². The molecule has 19 heavy (non-hydrogen) atoms. The maximum Gasteiger partial charge on any atom is 0.161 e. The molecule has 0 spiro atoms. The predicted molar refractivity (Wildman–Crippen MR) is 81.8 cm³/mol. The van der Waals surface area contributed by atoms with Crippen LogP contribution in [-0.4, -0.2) is 31.4 Å². The van der Waals surface area contributed by atoms with Gasteiger partial charge in [-0.2, -0.15) is 0 Å². The summed E-state index contributed by atoms with van der Waals surface area (Å²) in [6.45, 7) is 4.22. The predicted octanol–water partition coefficient (Wildman–Crippen LogP) is 3.49. The molecule has 0 saturated heterocycles. The molecule has 0 amide bonds. The zero-order chi connectivity index (χ0) is 13.3. The van der Waals surface area contributed by atoms with E-state index >= 15 is 0 Å². The minimum atomic E-state index is -0.114. The Labute approximate surface area is 125 Å². The lowest BCUT2D eigenvalue weighted by molar-refractivity contribution is 0.353. The number of hydrogen-bond acceptors (Lipinski definition) is 3. The van der Waals surface area contributed by atoms with Crippen LogP contribution in [0.1, 0.15) is 25.0 Å². The topological polar surface area (TPSA) is 30.8 Å². The van der Waals surface area contributed by atoms with Crippen molar-refractivity contribution in [1.29, 1.82) is 0 Å². The summed E-state index contributed by atoms with van der Waals surface area (Å²) in [5.41, 5.74) is 3.09. The molecule has 5 heteroatoms. The van der Waals surface area contributed by atoms with Crippen LogP contribution in [-0.2, 0) is 6.42 Å². The molecule has 1 aliphatic heterocycles. The molecule has 1 heterocycles. The maximum atomic E-state index is 6.00. The third kappa shape index (κ3) is 3.15. The highest BCUT2D eigenvalue weighted by Gasteiger charge is 2.27. The van der Waals surface area contributed by atoms with Crippen molar-refractivity contribution in [1.82, 2.24) is 0 Å². The van der Waals surface area contributed by atoms with Gasteiger partial charge in [0.05, 0.1) is 31.4 Å². The molecule has 1 aliphatic rings.